The van der Waals surface area contributed by atoms with E-state index in [2.05, 4.69) is 0 Å². The van der Waals surface area contributed by atoms with E-state index in [1.807, 2.05) is 20.8 Å². The maximum atomic E-state index is 12.5. The zero-order valence-electron chi connectivity index (χ0n) is 12.6. The Balaban J connectivity index is 2.70. The van der Waals surface area contributed by atoms with Gasteiger partial charge in [0.15, 0.2) is 0 Å². The van der Waals surface area contributed by atoms with E-state index in [1.165, 1.54) is 8.61 Å². The number of rotatable bonds is 7. The molecule has 1 N–H and O–H groups in total. The lowest BCUT2D eigenvalue weighted by atomic mass is 9.99. The minimum absolute atomic E-state index is 0.302. The highest BCUT2D eigenvalue weighted by Gasteiger charge is 2.34. The largest absolute Gasteiger partial charge is 0.481 e. The van der Waals surface area contributed by atoms with Crippen LogP contribution in [-0.2, 0) is 15.0 Å². The van der Waals surface area contributed by atoms with Gasteiger partial charge in [-0.3, -0.25) is 4.79 Å². The van der Waals surface area contributed by atoms with Gasteiger partial charge in [-0.2, -0.15) is 17.0 Å². The maximum Gasteiger partial charge on any atom is 0.306 e. The number of aliphatic carboxylic acids is 1. The van der Waals surface area contributed by atoms with Crippen LogP contribution >= 0.6 is 0 Å². The van der Waals surface area contributed by atoms with Gasteiger partial charge in [-0.25, -0.2) is 0 Å². The molecule has 0 saturated carbocycles. The number of carboxylic acids is 1. The molecule has 1 aliphatic rings. The van der Waals surface area contributed by atoms with Crippen LogP contribution in [0.4, 0.5) is 0 Å². The van der Waals surface area contributed by atoms with Gasteiger partial charge < -0.3 is 5.11 Å². The van der Waals surface area contributed by atoms with E-state index in [1.54, 1.807) is 0 Å². The molecule has 20 heavy (non-hydrogen) atoms. The van der Waals surface area contributed by atoms with Gasteiger partial charge in [0.1, 0.15) is 0 Å². The van der Waals surface area contributed by atoms with Gasteiger partial charge in [0.05, 0.1) is 5.92 Å². The molecule has 0 aromatic heterocycles. The summed E-state index contributed by atoms with van der Waals surface area (Å²) in [5.41, 5.74) is 0. The Kier molecular flexibility index (Phi) is 6.42. The molecule has 0 bridgehead atoms. The van der Waals surface area contributed by atoms with Crippen molar-refractivity contribution < 1.29 is 18.3 Å². The minimum Gasteiger partial charge on any atom is -0.481 e. The zero-order chi connectivity index (χ0) is 15.3. The van der Waals surface area contributed by atoms with Crippen molar-refractivity contribution in [2.75, 3.05) is 26.2 Å². The van der Waals surface area contributed by atoms with E-state index in [4.69, 9.17) is 5.11 Å². The normalized spacial score (nSPS) is 20.2. The van der Waals surface area contributed by atoms with Gasteiger partial charge in [0.2, 0.25) is 0 Å². The van der Waals surface area contributed by atoms with E-state index in [0.29, 0.717) is 44.9 Å². The molecule has 118 valence electrons. The molecule has 1 unspecified atom stereocenters. The second kappa shape index (κ2) is 7.38. The Labute approximate surface area is 121 Å². The molecule has 6 nitrogen and oxygen atoms in total. The van der Waals surface area contributed by atoms with Gasteiger partial charge in [-0.05, 0) is 18.8 Å². The Hall–Kier alpha value is -0.660. The molecular formula is C13H26N2O4S. The molecule has 0 amide bonds. The highest BCUT2D eigenvalue weighted by atomic mass is 32.2. The first-order valence-electron chi connectivity index (χ1n) is 7.30. The molecule has 1 aliphatic heterocycles. The number of piperidine rings is 1. The Morgan fingerprint density at radius 3 is 2.30 bits per heavy atom. The molecular weight excluding hydrogens is 280 g/mol. The first-order valence-corrected chi connectivity index (χ1v) is 8.70. The van der Waals surface area contributed by atoms with Crippen LogP contribution in [0.15, 0.2) is 0 Å². The molecule has 1 atom stereocenters. The summed E-state index contributed by atoms with van der Waals surface area (Å²) in [6.45, 7) is 7.49. The van der Waals surface area contributed by atoms with E-state index in [-0.39, 0.29) is 0 Å². The summed E-state index contributed by atoms with van der Waals surface area (Å²) in [5, 5.41) is 8.96. The first-order chi connectivity index (χ1) is 9.32. The average molecular weight is 306 g/mol. The summed E-state index contributed by atoms with van der Waals surface area (Å²) >= 11 is 0. The Bertz CT molecular complexity index is 416. The summed E-state index contributed by atoms with van der Waals surface area (Å²) in [5.74, 6) is -0.915. The minimum atomic E-state index is -3.45. The van der Waals surface area contributed by atoms with Crippen LogP contribution in [0.3, 0.4) is 0 Å². The van der Waals surface area contributed by atoms with E-state index < -0.39 is 22.1 Å². The van der Waals surface area contributed by atoms with Crippen molar-refractivity contribution in [3.8, 4) is 0 Å². The standard InChI is InChI=1S/C13H26N2O4S/c1-4-11(3)10-14(5-2)20(18,19)15-8-6-12(7-9-15)13(16)17/h11-12H,4-10H2,1-3H3,(H,16,17). The second-order valence-electron chi connectivity index (χ2n) is 5.48. The fourth-order valence-electron chi connectivity index (χ4n) is 2.36. The molecule has 1 rings (SSSR count). The van der Waals surface area contributed by atoms with Crippen molar-refractivity contribution in [1.29, 1.82) is 0 Å². The van der Waals surface area contributed by atoms with E-state index in [9.17, 15) is 13.2 Å². The number of carboxylic acid groups (broad SMARTS) is 1. The fourth-order valence-corrected chi connectivity index (χ4v) is 4.13. The van der Waals surface area contributed by atoms with Crippen molar-refractivity contribution in [3.63, 3.8) is 0 Å². The topological polar surface area (TPSA) is 77.9 Å². The fraction of sp³-hybridized carbons (Fsp3) is 0.923. The van der Waals surface area contributed by atoms with Crippen LogP contribution in [0.1, 0.15) is 40.0 Å². The predicted molar refractivity (Wildman–Crippen MR) is 77.6 cm³/mol. The molecule has 0 radical (unpaired) electrons. The molecule has 7 heteroatoms. The number of hydrogen-bond donors (Lipinski definition) is 1. The van der Waals surface area contributed by atoms with Crippen molar-refractivity contribution in [1.82, 2.24) is 8.61 Å². The molecule has 0 aromatic carbocycles. The monoisotopic (exact) mass is 306 g/mol. The van der Waals surface area contributed by atoms with Gasteiger partial charge >= 0.3 is 5.97 Å². The summed E-state index contributed by atoms with van der Waals surface area (Å²) in [6.07, 6.45) is 1.73. The number of carbonyl (C=O) groups is 1. The van der Waals surface area contributed by atoms with Gasteiger partial charge in [-0.15, -0.1) is 0 Å². The van der Waals surface area contributed by atoms with Gasteiger partial charge in [0, 0.05) is 26.2 Å². The van der Waals surface area contributed by atoms with Crippen molar-refractivity contribution in [2.45, 2.75) is 40.0 Å². The molecule has 1 heterocycles. The van der Waals surface area contributed by atoms with Crippen LogP contribution in [0, 0.1) is 11.8 Å². The highest BCUT2D eigenvalue weighted by molar-refractivity contribution is 7.86. The quantitative estimate of drug-likeness (QED) is 0.771. The smallest absolute Gasteiger partial charge is 0.306 e. The van der Waals surface area contributed by atoms with Gasteiger partial charge in [-0.1, -0.05) is 27.2 Å². The van der Waals surface area contributed by atoms with E-state index >= 15 is 0 Å². The van der Waals surface area contributed by atoms with E-state index in [0.717, 1.165) is 6.42 Å². The van der Waals surface area contributed by atoms with Crippen LogP contribution in [-0.4, -0.2) is 54.3 Å². The summed E-state index contributed by atoms with van der Waals surface area (Å²) < 4.78 is 28.0. The molecule has 1 saturated heterocycles. The lowest BCUT2D eigenvalue weighted by Gasteiger charge is -2.34. The molecule has 0 aliphatic carbocycles. The summed E-state index contributed by atoms with van der Waals surface area (Å²) in [6, 6.07) is 0. The third kappa shape index (κ3) is 4.17. The zero-order valence-corrected chi connectivity index (χ0v) is 13.4. The maximum absolute atomic E-state index is 12.5. The predicted octanol–water partition coefficient (Wildman–Crippen LogP) is 1.40. The SMILES string of the molecule is CCC(C)CN(CC)S(=O)(=O)N1CCC(C(=O)O)CC1. The Morgan fingerprint density at radius 2 is 1.90 bits per heavy atom. The molecule has 1 fully saturated rings. The number of nitrogens with zero attached hydrogens (tertiary/aromatic N) is 2. The van der Waals surface area contributed by atoms with Crippen LogP contribution in [0.25, 0.3) is 0 Å². The molecule has 0 aromatic rings. The number of hydrogen-bond acceptors (Lipinski definition) is 3. The van der Waals surface area contributed by atoms with Crippen molar-refractivity contribution in [2.24, 2.45) is 11.8 Å². The third-order valence-corrected chi connectivity index (χ3v) is 6.10. The van der Waals surface area contributed by atoms with Gasteiger partial charge in [0.25, 0.3) is 10.2 Å². The van der Waals surface area contributed by atoms with Crippen LogP contribution in [0.5, 0.6) is 0 Å². The third-order valence-electron chi connectivity index (χ3n) is 4.02. The van der Waals surface area contributed by atoms with Crippen molar-refractivity contribution >= 4 is 16.2 Å². The summed E-state index contributed by atoms with van der Waals surface area (Å²) in [4.78, 5) is 10.9. The van der Waals surface area contributed by atoms with Crippen LogP contribution in [0.2, 0.25) is 0 Å². The van der Waals surface area contributed by atoms with Crippen molar-refractivity contribution in [3.05, 3.63) is 0 Å². The second-order valence-corrected chi connectivity index (χ2v) is 7.41. The lowest BCUT2D eigenvalue weighted by Crippen LogP contribution is -2.48. The Morgan fingerprint density at radius 1 is 1.35 bits per heavy atom. The summed E-state index contributed by atoms with van der Waals surface area (Å²) in [7, 11) is -3.45. The molecule has 0 spiro atoms. The first kappa shape index (κ1) is 17.4. The lowest BCUT2D eigenvalue weighted by molar-refractivity contribution is -0.142. The van der Waals surface area contributed by atoms with Crippen LogP contribution < -0.4 is 0 Å². The highest BCUT2D eigenvalue weighted by Crippen LogP contribution is 2.22. The average Bonchev–Trinajstić information content (AvgIpc) is 2.44.